The maximum atomic E-state index is 2.39. The molecule has 0 saturated carbocycles. The van der Waals surface area contributed by atoms with Crippen LogP contribution < -0.4 is 0 Å². The molecule has 0 radical (unpaired) electrons. The van der Waals surface area contributed by atoms with Crippen molar-refractivity contribution in [2.24, 2.45) is 0 Å². The van der Waals surface area contributed by atoms with Crippen LogP contribution in [-0.4, -0.2) is 0 Å². The number of hydrogen-bond donors (Lipinski definition) is 0. The number of benzene rings is 7. The molecule has 7 rings (SSSR count). The van der Waals surface area contributed by atoms with Crippen molar-refractivity contribution in [2.45, 2.75) is 0 Å². The summed E-state index contributed by atoms with van der Waals surface area (Å²) in [6.07, 6.45) is 0. The van der Waals surface area contributed by atoms with E-state index in [1.54, 1.807) is 0 Å². The standard InChI is InChI=1S/C28H16/c1-2-9-18-17(8-1)16-25-20-11-4-3-10-19(20)23-14-7-15-24-21-12-5-6-13-22(21)26(18)28(25)27(23)24/h1-16H. The predicted molar refractivity (Wildman–Crippen MR) is 123 cm³/mol. The van der Waals surface area contributed by atoms with Gasteiger partial charge in [0, 0.05) is 0 Å². The van der Waals surface area contributed by atoms with Crippen molar-refractivity contribution in [3.05, 3.63) is 97.1 Å². The third kappa shape index (κ3) is 1.62. The molecule has 0 heterocycles. The van der Waals surface area contributed by atoms with E-state index in [1.165, 1.54) is 64.6 Å². The fraction of sp³-hybridized carbons (Fsp3) is 0. The molecular weight excluding hydrogens is 336 g/mol. The molecule has 7 aromatic rings. The molecule has 0 spiro atoms. The zero-order valence-electron chi connectivity index (χ0n) is 15.2. The van der Waals surface area contributed by atoms with E-state index in [-0.39, 0.29) is 0 Å². The van der Waals surface area contributed by atoms with Gasteiger partial charge in [0.05, 0.1) is 0 Å². The largest absolute Gasteiger partial charge is 0.0616 e. The summed E-state index contributed by atoms with van der Waals surface area (Å²) in [5.41, 5.74) is 0. The molecule has 128 valence electrons. The molecular formula is C28H16. The lowest BCUT2D eigenvalue weighted by molar-refractivity contribution is 1.78. The fourth-order valence-corrected chi connectivity index (χ4v) is 5.26. The summed E-state index contributed by atoms with van der Waals surface area (Å²) in [4.78, 5) is 0. The zero-order valence-corrected chi connectivity index (χ0v) is 15.2. The van der Waals surface area contributed by atoms with Crippen LogP contribution in [0, 0.1) is 0 Å². The highest BCUT2D eigenvalue weighted by molar-refractivity contribution is 6.43. The highest BCUT2D eigenvalue weighted by atomic mass is 14.2. The Hall–Kier alpha value is -3.64. The Morgan fingerprint density at radius 1 is 0.286 bits per heavy atom. The molecule has 0 aliphatic carbocycles. The monoisotopic (exact) mass is 352 g/mol. The van der Waals surface area contributed by atoms with Crippen LogP contribution in [-0.2, 0) is 0 Å². The Morgan fingerprint density at radius 2 is 0.714 bits per heavy atom. The molecule has 0 amide bonds. The summed E-state index contributed by atoms with van der Waals surface area (Å²) < 4.78 is 0. The Labute approximate surface area is 162 Å². The van der Waals surface area contributed by atoms with E-state index in [4.69, 9.17) is 0 Å². The van der Waals surface area contributed by atoms with Crippen LogP contribution in [0.5, 0.6) is 0 Å². The van der Waals surface area contributed by atoms with Crippen LogP contribution in [0.25, 0.3) is 64.6 Å². The minimum Gasteiger partial charge on any atom is -0.0616 e. The Kier molecular flexibility index (Phi) is 2.57. The number of rotatable bonds is 0. The van der Waals surface area contributed by atoms with E-state index >= 15 is 0 Å². The van der Waals surface area contributed by atoms with Crippen molar-refractivity contribution < 1.29 is 0 Å². The maximum absolute atomic E-state index is 2.39. The second-order valence-electron chi connectivity index (χ2n) is 7.71. The van der Waals surface area contributed by atoms with Crippen LogP contribution >= 0.6 is 0 Å². The zero-order chi connectivity index (χ0) is 18.2. The molecule has 0 unspecified atom stereocenters. The van der Waals surface area contributed by atoms with Gasteiger partial charge < -0.3 is 0 Å². The summed E-state index contributed by atoms with van der Waals surface area (Å²) in [6.45, 7) is 0. The van der Waals surface area contributed by atoms with Gasteiger partial charge in [0.15, 0.2) is 0 Å². The molecule has 0 aliphatic rings. The average Bonchev–Trinajstić information content (AvgIpc) is 2.78. The molecule has 0 atom stereocenters. The van der Waals surface area contributed by atoms with Crippen LogP contribution in [0.3, 0.4) is 0 Å². The molecule has 7 aromatic carbocycles. The van der Waals surface area contributed by atoms with Gasteiger partial charge in [0.1, 0.15) is 0 Å². The first-order valence-electron chi connectivity index (χ1n) is 9.80. The van der Waals surface area contributed by atoms with E-state index in [2.05, 4.69) is 97.1 Å². The molecule has 0 bridgehead atoms. The summed E-state index contributed by atoms with van der Waals surface area (Å²) in [5.74, 6) is 0. The fourth-order valence-electron chi connectivity index (χ4n) is 5.26. The van der Waals surface area contributed by atoms with E-state index in [0.29, 0.717) is 0 Å². The summed E-state index contributed by atoms with van der Waals surface area (Å²) in [5, 5.41) is 16.3. The molecule has 0 aromatic heterocycles. The lowest BCUT2D eigenvalue weighted by Gasteiger charge is -2.19. The second-order valence-corrected chi connectivity index (χ2v) is 7.71. The minimum absolute atomic E-state index is 1.31. The van der Waals surface area contributed by atoms with Crippen molar-refractivity contribution in [3.63, 3.8) is 0 Å². The predicted octanol–water partition coefficient (Wildman–Crippen LogP) is 8.04. The first kappa shape index (κ1) is 14.4. The Bertz CT molecular complexity index is 1670. The van der Waals surface area contributed by atoms with Crippen LogP contribution in [0.4, 0.5) is 0 Å². The Balaban J connectivity index is 2.03. The lowest BCUT2D eigenvalue weighted by Crippen LogP contribution is -1.90. The van der Waals surface area contributed by atoms with Crippen LogP contribution in [0.15, 0.2) is 97.1 Å². The molecule has 0 nitrogen and oxygen atoms in total. The SMILES string of the molecule is c1ccc2c(c1)cc1c3ccccc3c3cccc4c5ccccc5c2c1c34. The Morgan fingerprint density at radius 3 is 1.39 bits per heavy atom. The van der Waals surface area contributed by atoms with Crippen molar-refractivity contribution in [1.29, 1.82) is 0 Å². The first-order valence-corrected chi connectivity index (χ1v) is 9.80. The van der Waals surface area contributed by atoms with E-state index in [0.717, 1.165) is 0 Å². The van der Waals surface area contributed by atoms with Gasteiger partial charge in [-0.15, -0.1) is 0 Å². The number of fused-ring (bicyclic) bond motifs is 8. The van der Waals surface area contributed by atoms with Gasteiger partial charge in [0.2, 0.25) is 0 Å². The topological polar surface area (TPSA) is 0 Å². The molecule has 0 fully saturated rings. The summed E-state index contributed by atoms with van der Waals surface area (Å²) >= 11 is 0. The van der Waals surface area contributed by atoms with Gasteiger partial charge in [-0.2, -0.15) is 0 Å². The molecule has 0 heteroatoms. The summed E-state index contributed by atoms with van der Waals surface area (Å²) in [6, 6.07) is 35.7. The average molecular weight is 352 g/mol. The van der Waals surface area contributed by atoms with E-state index in [9.17, 15) is 0 Å². The van der Waals surface area contributed by atoms with Gasteiger partial charge in [-0.05, 0) is 70.7 Å². The smallest absolute Gasteiger partial charge is 0.000742 e. The van der Waals surface area contributed by atoms with Gasteiger partial charge in [-0.25, -0.2) is 0 Å². The quantitative estimate of drug-likeness (QED) is 0.191. The van der Waals surface area contributed by atoms with Gasteiger partial charge in [-0.3, -0.25) is 0 Å². The van der Waals surface area contributed by atoms with Crippen molar-refractivity contribution >= 4 is 64.6 Å². The summed E-state index contributed by atoms with van der Waals surface area (Å²) in [7, 11) is 0. The molecule has 0 N–H and O–H groups in total. The minimum atomic E-state index is 1.31. The van der Waals surface area contributed by atoms with Gasteiger partial charge in [0.25, 0.3) is 0 Å². The third-order valence-electron chi connectivity index (χ3n) is 6.36. The van der Waals surface area contributed by atoms with Crippen molar-refractivity contribution in [3.8, 4) is 0 Å². The molecule has 0 saturated heterocycles. The first-order chi connectivity index (χ1) is 13.9. The highest BCUT2D eigenvalue weighted by Gasteiger charge is 2.18. The lowest BCUT2D eigenvalue weighted by atomic mass is 9.84. The van der Waals surface area contributed by atoms with Gasteiger partial charge in [-0.1, -0.05) is 91.0 Å². The van der Waals surface area contributed by atoms with E-state index in [1.807, 2.05) is 0 Å². The van der Waals surface area contributed by atoms with Crippen molar-refractivity contribution in [2.75, 3.05) is 0 Å². The van der Waals surface area contributed by atoms with E-state index < -0.39 is 0 Å². The highest BCUT2D eigenvalue weighted by Crippen LogP contribution is 2.46. The normalized spacial score (nSPS) is 12.3. The third-order valence-corrected chi connectivity index (χ3v) is 6.36. The van der Waals surface area contributed by atoms with Crippen molar-refractivity contribution in [1.82, 2.24) is 0 Å². The maximum Gasteiger partial charge on any atom is -0.000742 e. The second kappa shape index (κ2) is 4.99. The number of hydrogen-bond acceptors (Lipinski definition) is 0. The van der Waals surface area contributed by atoms with Crippen LogP contribution in [0.2, 0.25) is 0 Å². The van der Waals surface area contributed by atoms with Crippen LogP contribution in [0.1, 0.15) is 0 Å². The molecule has 28 heavy (non-hydrogen) atoms. The molecule has 0 aliphatic heterocycles. The van der Waals surface area contributed by atoms with Gasteiger partial charge >= 0.3 is 0 Å².